The molecule has 24 heavy (non-hydrogen) atoms. The Kier molecular flexibility index (Phi) is 4.70. The molecular weight excluding hydrogens is 334 g/mol. The number of nitrogens with zero attached hydrogens (tertiary/aromatic N) is 5. The number of carboxylic acids is 1. The Labute approximate surface area is 141 Å². The number of hydrogen-bond donors (Lipinski definition) is 1. The van der Waals surface area contributed by atoms with Crippen LogP contribution in [0.1, 0.15) is 0 Å². The van der Waals surface area contributed by atoms with Gasteiger partial charge in [-0.2, -0.15) is 4.31 Å². The molecule has 2 atom stereocenters. The average molecular weight is 355 g/mol. The van der Waals surface area contributed by atoms with Gasteiger partial charge in [0.1, 0.15) is 0 Å². The molecule has 0 aliphatic carbocycles. The smallest absolute Gasteiger partial charge is 0.309 e. The molecule has 0 aromatic carbocycles. The highest BCUT2D eigenvalue weighted by Gasteiger charge is 2.38. The summed E-state index contributed by atoms with van der Waals surface area (Å²) in [6.07, 6.45) is 4.44. The Balaban J connectivity index is 1.86. The first-order valence-electron chi connectivity index (χ1n) is 7.78. The van der Waals surface area contributed by atoms with Gasteiger partial charge in [-0.1, -0.05) is 0 Å². The van der Waals surface area contributed by atoms with E-state index in [0.29, 0.717) is 45.2 Å². The first-order chi connectivity index (χ1) is 11.3. The fourth-order valence-corrected chi connectivity index (χ4v) is 4.15. The number of carboxylic acid groups (broad SMARTS) is 1. The van der Waals surface area contributed by atoms with Gasteiger partial charge in [0.15, 0.2) is 0 Å². The van der Waals surface area contributed by atoms with Crippen molar-refractivity contribution in [1.82, 2.24) is 19.2 Å². The molecule has 0 unspecified atom stereocenters. The zero-order valence-corrected chi connectivity index (χ0v) is 14.3. The Morgan fingerprint density at radius 1 is 1.17 bits per heavy atom. The number of sulfonamides is 1. The highest BCUT2D eigenvalue weighted by atomic mass is 32.2. The fourth-order valence-electron chi connectivity index (χ4n) is 3.29. The molecule has 9 nitrogen and oxygen atoms in total. The number of carbonyl (C=O) groups is 1. The maximum absolute atomic E-state index is 11.8. The van der Waals surface area contributed by atoms with Crippen molar-refractivity contribution >= 4 is 21.9 Å². The van der Waals surface area contributed by atoms with E-state index in [1.807, 2.05) is 4.90 Å². The molecule has 2 fully saturated rings. The van der Waals surface area contributed by atoms with Crippen LogP contribution in [0.2, 0.25) is 0 Å². The van der Waals surface area contributed by atoms with Crippen molar-refractivity contribution in [3.8, 4) is 0 Å². The highest BCUT2D eigenvalue weighted by molar-refractivity contribution is 7.88. The maximum atomic E-state index is 11.8. The second kappa shape index (κ2) is 6.61. The third kappa shape index (κ3) is 3.65. The van der Waals surface area contributed by atoms with E-state index in [1.54, 1.807) is 18.5 Å². The molecule has 0 spiro atoms. The summed E-state index contributed by atoms with van der Waals surface area (Å²) >= 11 is 0. The van der Waals surface area contributed by atoms with E-state index in [1.165, 1.54) is 10.6 Å². The van der Waals surface area contributed by atoms with E-state index in [2.05, 4.69) is 14.9 Å². The largest absolute Gasteiger partial charge is 0.481 e. The third-order valence-electron chi connectivity index (χ3n) is 4.55. The molecule has 0 bridgehead atoms. The fraction of sp³-hybridized carbons (Fsp3) is 0.643. The predicted octanol–water partition coefficient (Wildman–Crippen LogP) is -1.06. The van der Waals surface area contributed by atoms with E-state index in [9.17, 15) is 18.3 Å². The molecular formula is C14H21N5O4S. The van der Waals surface area contributed by atoms with Gasteiger partial charge < -0.3 is 10.0 Å². The molecule has 2 aliphatic rings. The SMILES string of the molecule is CS(=O)(=O)N1CCN2C[C@@H](C(=O)O)CN(c3ncccn3)C[C@@H]2C1. The summed E-state index contributed by atoms with van der Waals surface area (Å²) in [6.45, 7) is 2.50. The molecule has 1 N–H and O–H groups in total. The van der Waals surface area contributed by atoms with Gasteiger partial charge in [0.25, 0.3) is 0 Å². The summed E-state index contributed by atoms with van der Waals surface area (Å²) in [4.78, 5) is 23.9. The molecule has 132 valence electrons. The zero-order valence-electron chi connectivity index (χ0n) is 13.4. The molecule has 3 heterocycles. The van der Waals surface area contributed by atoms with Crippen LogP contribution in [0.4, 0.5) is 5.95 Å². The van der Waals surface area contributed by atoms with Crippen LogP contribution in [-0.4, -0.2) is 90.2 Å². The zero-order chi connectivity index (χ0) is 17.3. The van der Waals surface area contributed by atoms with Crippen molar-refractivity contribution in [2.75, 3.05) is 50.4 Å². The van der Waals surface area contributed by atoms with Crippen LogP contribution in [0, 0.1) is 5.92 Å². The minimum atomic E-state index is -3.26. The monoisotopic (exact) mass is 355 g/mol. The summed E-state index contributed by atoms with van der Waals surface area (Å²) in [5.41, 5.74) is 0. The average Bonchev–Trinajstić information content (AvgIpc) is 2.73. The van der Waals surface area contributed by atoms with Crippen LogP contribution in [0.3, 0.4) is 0 Å². The molecule has 2 aliphatic heterocycles. The standard InChI is InChI=1S/C14H21N5O4S/c1-24(22,23)19-6-5-17-7-11(13(20)21)8-18(9-12(17)10-19)14-15-3-2-4-16-14/h2-4,11-12H,5-10H2,1H3,(H,20,21)/t11-,12-/m1/s1. The van der Waals surface area contributed by atoms with Crippen LogP contribution in [0.15, 0.2) is 18.5 Å². The number of piperazine rings is 1. The van der Waals surface area contributed by atoms with Gasteiger partial charge in [0, 0.05) is 57.7 Å². The predicted molar refractivity (Wildman–Crippen MR) is 87.1 cm³/mol. The Morgan fingerprint density at radius 2 is 1.88 bits per heavy atom. The topological polar surface area (TPSA) is 107 Å². The van der Waals surface area contributed by atoms with Crippen LogP contribution < -0.4 is 4.90 Å². The summed E-state index contributed by atoms with van der Waals surface area (Å²) in [6, 6.07) is 1.62. The van der Waals surface area contributed by atoms with Crippen molar-refractivity contribution in [3.63, 3.8) is 0 Å². The Morgan fingerprint density at radius 3 is 2.50 bits per heavy atom. The molecule has 0 amide bonds. The van der Waals surface area contributed by atoms with E-state index < -0.39 is 21.9 Å². The van der Waals surface area contributed by atoms with Gasteiger partial charge in [0.2, 0.25) is 16.0 Å². The third-order valence-corrected chi connectivity index (χ3v) is 5.82. The van der Waals surface area contributed by atoms with Crippen LogP contribution in [-0.2, 0) is 14.8 Å². The number of hydrogen-bond acceptors (Lipinski definition) is 7. The summed E-state index contributed by atoms with van der Waals surface area (Å²) in [7, 11) is -3.26. The number of fused-ring (bicyclic) bond motifs is 1. The lowest BCUT2D eigenvalue weighted by Crippen LogP contribution is -2.57. The quantitative estimate of drug-likeness (QED) is 0.731. The summed E-state index contributed by atoms with van der Waals surface area (Å²) in [5, 5.41) is 9.50. The van der Waals surface area contributed by atoms with Crippen molar-refractivity contribution < 1.29 is 18.3 Å². The number of aliphatic carboxylic acids is 1. The van der Waals surface area contributed by atoms with Crippen molar-refractivity contribution in [1.29, 1.82) is 0 Å². The van der Waals surface area contributed by atoms with E-state index >= 15 is 0 Å². The lowest BCUT2D eigenvalue weighted by atomic mass is 10.1. The van der Waals surface area contributed by atoms with Crippen LogP contribution in [0.5, 0.6) is 0 Å². The van der Waals surface area contributed by atoms with Crippen LogP contribution in [0.25, 0.3) is 0 Å². The van der Waals surface area contributed by atoms with E-state index in [0.717, 1.165) is 0 Å². The minimum Gasteiger partial charge on any atom is -0.481 e. The Hall–Kier alpha value is -1.78. The number of anilines is 1. The van der Waals surface area contributed by atoms with E-state index in [4.69, 9.17) is 0 Å². The normalized spacial score (nSPS) is 26.6. The maximum Gasteiger partial charge on any atom is 0.309 e. The van der Waals surface area contributed by atoms with Crippen molar-refractivity contribution in [3.05, 3.63) is 18.5 Å². The summed E-state index contributed by atoms with van der Waals surface area (Å²) < 4.78 is 25.1. The van der Waals surface area contributed by atoms with Gasteiger partial charge in [0.05, 0.1) is 12.2 Å². The van der Waals surface area contributed by atoms with Crippen LogP contribution >= 0.6 is 0 Å². The van der Waals surface area contributed by atoms with Gasteiger partial charge in [-0.25, -0.2) is 18.4 Å². The number of aromatic nitrogens is 2. The molecule has 3 rings (SSSR count). The van der Waals surface area contributed by atoms with Gasteiger partial charge in [-0.15, -0.1) is 0 Å². The lowest BCUT2D eigenvalue weighted by Gasteiger charge is -2.40. The van der Waals surface area contributed by atoms with Gasteiger partial charge >= 0.3 is 5.97 Å². The molecule has 2 saturated heterocycles. The molecule has 0 saturated carbocycles. The highest BCUT2D eigenvalue weighted by Crippen LogP contribution is 2.22. The van der Waals surface area contributed by atoms with Crippen molar-refractivity contribution in [2.24, 2.45) is 5.92 Å². The minimum absolute atomic E-state index is 0.0818. The Bertz CT molecular complexity index is 698. The lowest BCUT2D eigenvalue weighted by molar-refractivity contribution is -0.142. The first kappa shape index (κ1) is 17.1. The number of rotatable bonds is 3. The second-order valence-electron chi connectivity index (χ2n) is 6.26. The molecule has 1 aromatic heterocycles. The molecule has 0 radical (unpaired) electrons. The van der Waals surface area contributed by atoms with Crippen molar-refractivity contribution in [2.45, 2.75) is 6.04 Å². The van der Waals surface area contributed by atoms with E-state index in [-0.39, 0.29) is 6.04 Å². The first-order valence-corrected chi connectivity index (χ1v) is 9.63. The summed E-state index contributed by atoms with van der Waals surface area (Å²) in [5.74, 6) is -0.951. The molecule has 10 heteroatoms. The second-order valence-corrected chi connectivity index (χ2v) is 8.24. The van der Waals surface area contributed by atoms with Gasteiger partial charge in [-0.05, 0) is 6.07 Å². The van der Waals surface area contributed by atoms with Gasteiger partial charge in [-0.3, -0.25) is 9.69 Å². The molecule has 1 aromatic rings.